The van der Waals surface area contributed by atoms with Crippen LogP contribution in [0.1, 0.15) is 19.8 Å². The van der Waals surface area contributed by atoms with E-state index in [2.05, 4.69) is 36.6 Å². The Morgan fingerprint density at radius 2 is 1.82 bits per heavy atom. The third-order valence-corrected chi connectivity index (χ3v) is 4.68. The zero-order valence-electron chi connectivity index (χ0n) is 9.33. The molecule has 0 radical (unpaired) electrons. The van der Waals surface area contributed by atoms with E-state index < -0.39 is 10.0 Å². The van der Waals surface area contributed by atoms with Gasteiger partial charge < -0.3 is 5.73 Å². The van der Waals surface area contributed by atoms with Gasteiger partial charge in [0.25, 0.3) is 0 Å². The maximum Gasteiger partial charge on any atom is 0.232 e. The van der Waals surface area contributed by atoms with E-state index in [1.54, 1.807) is 12.1 Å². The summed E-state index contributed by atoms with van der Waals surface area (Å²) >= 11 is 6.56. The lowest BCUT2D eigenvalue weighted by Gasteiger charge is -2.12. The Bertz CT molecular complexity index is 480. The number of halogens is 2. The molecule has 0 aliphatic carbocycles. The fourth-order valence-electron chi connectivity index (χ4n) is 1.23. The fraction of sp³-hybridized carbons (Fsp3) is 0.400. The molecule has 0 saturated heterocycles. The van der Waals surface area contributed by atoms with Crippen molar-refractivity contribution in [1.82, 2.24) is 0 Å². The first-order chi connectivity index (χ1) is 7.85. The maximum atomic E-state index is 11.8. The van der Waals surface area contributed by atoms with Gasteiger partial charge in [-0.3, -0.25) is 4.72 Å². The lowest BCUT2D eigenvalue weighted by atomic mass is 10.3. The van der Waals surface area contributed by atoms with Crippen molar-refractivity contribution in [2.45, 2.75) is 19.8 Å². The predicted molar refractivity (Wildman–Crippen MR) is 78.6 cm³/mol. The summed E-state index contributed by atoms with van der Waals surface area (Å²) in [5.41, 5.74) is 6.67. The van der Waals surface area contributed by atoms with Crippen molar-refractivity contribution in [3.63, 3.8) is 0 Å². The number of nitrogens with one attached hydrogen (secondary N) is 1. The second kappa shape index (κ2) is 6.06. The highest BCUT2D eigenvalue weighted by molar-refractivity contribution is 9.11. The number of anilines is 2. The molecule has 0 bridgehead atoms. The summed E-state index contributed by atoms with van der Waals surface area (Å²) in [4.78, 5) is 0. The number of nitrogens with two attached hydrogens (primary N) is 1. The summed E-state index contributed by atoms with van der Waals surface area (Å²) < 4.78 is 27.3. The minimum absolute atomic E-state index is 0.118. The highest BCUT2D eigenvalue weighted by atomic mass is 79.9. The van der Waals surface area contributed by atoms with Crippen LogP contribution < -0.4 is 10.5 Å². The molecule has 0 heterocycles. The predicted octanol–water partition coefficient (Wildman–Crippen LogP) is 3.34. The summed E-state index contributed by atoms with van der Waals surface area (Å²) in [5.74, 6) is 0.118. The van der Waals surface area contributed by atoms with Gasteiger partial charge in [0.2, 0.25) is 10.0 Å². The summed E-state index contributed by atoms with van der Waals surface area (Å²) in [6.07, 6.45) is 1.48. The van der Waals surface area contributed by atoms with Gasteiger partial charge in [-0.25, -0.2) is 8.42 Å². The Morgan fingerprint density at radius 1 is 1.29 bits per heavy atom. The van der Waals surface area contributed by atoms with Crippen molar-refractivity contribution < 1.29 is 8.42 Å². The molecule has 0 aliphatic heterocycles. The van der Waals surface area contributed by atoms with Crippen LogP contribution >= 0.6 is 31.9 Å². The summed E-state index contributed by atoms with van der Waals surface area (Å²) in [7, 11) is -3.31. The van der Waals surface area contributed by atoms with Gasteiger partial charge in [0.15, 0.2) is 0 Å². The van der Waals surface area contributed by atoms with Gasteiger partial charge in [0.1, 0.15) is 0 Å². The topological polar surface area (TPSA) is 72.2 Å². The molecule has 0 aromatic heterocycles. The number of rotatable bonds is 5. The van der Waals surface area contributed by atoms with Crippen LogP contribution in [0.4, 0.5) is 11.4 Å². The molecule has 0 spiro atoms. The number of sulfonamides is 1. The number of hydrogen-bond acceptors (Lipinski definition) is 3. The first kappa shape index (κ1) is 14.8. The molecule has 0 amide bonds. The number of nitrogen functional groups attached to an aromatic ring is 1. The standard InChI is InChI=1S/C10H14Br2N2O2S/c1-2-3-4-17(15,16)14-10-8(11)5-7(13)6-9(10)12/h5-6,14H,2-4,13H2,1H3. The van der Waals surface area contributed by atoms with E-state index in [0.717, 1.165) is 6.42 Å². The van der Waals surface area contributed by atoms with Crippen LogP contribution in [0.25, 0.3) is 0 Å². The molecule has 1 aromatic carbocycles. The molecular weight excluding hydrogens is 372 g/mol. The highest BCUT2D eigenvalue weighted by Crippen LogP contribution is 2.34. The Labute approximate surface area is 118 Å². The minimum atomic E-state index is -3.31. The average molecular weight is 386 g/mol. The third-order valence-electron chi connectivity index (χ3n) is 2.09. The zero-order chi connectivity index (χ0) is 13.1. The van der Waals surface area contributed by atoms with E-state index in [4.69, 9.17) is 5.73 Å². The molecule has 1 aromatic rings. The Balaban J connectivity index is 2.96. The Kier molecular flexibility index (Phi) is 5.27. The number of benzene rings is 1. The third kappa shape index (κ3) is 4.48. The van der Waals surface area contributed by atoms with Gasteiger partial charge in [-0.2, -0.15) is 0 Å². The second-order valence-electron chi connectivity index (χ2n) is 3.63. The number of unbranched alkanes of at least 4 members (excludes halogenated alkanes) is 1. The SMILES string of the molecule is CCCCS(=O)(=O)Nc1c(Br)cc(N)cc1Br. The molecule has 7 heteroatoms. The monoisotopic (exact) mass is 384 g/mol. The van der Waals surface area contributed by atoms with E-state index in [1.807, 2.05) is 6.92 Å². The lowest BCUT2D eigenvalue weighted by Crippen LogP contribution is -2.17. The summed E-state index contributed by atoms with van der Waals surface area (Å²) in [6.45, 7) is 1.95. The highest BCUT2D eigenvalue weighted by Gasteiger charge is 2.14. The first-order valence-corrected chi connectivity index (χ1v) is 8.34. The van der Waals surface area contributed by atoms with Crippen molar-refractivity contribution in [3.05, 3.63) is 21.1 Å². The molecule has 17 heavy (non-hydrogen) atoms. The molecule has 96 valence electrons. The Hall–Kier alpha value is -0.270. The average Bonchev–Trinajstić information content (AvgIpc) is 2.21. The molecule has 0 fully saturated rings. The van der Waals surface area contributed by atoms with E-state index >= 15 is 0 Å². The molecule has 4 nitrogen and oxygen atoms in total. The van der Waals surface area contributed by atoms with E-state index in [1.165, 1.54) is 0 Å². The maximum absolute atomic E-state index is 11.8. The van der Waals surface area contributed by atoms with Gasteiger partial charge in [-0.1, -0.05) is 13.3 Å². The molecule has 3 N–H and O–H groups in total. The van der Waals surface area contributed by atoms with E-state index in [9.17, 15) is 8.42 Å². The van der Waals surface area contributed by atoms with E-state index in [0.29, 0.717) is 26.7 Å². The number of hydrogen-bond donors (Lipinski definition) is 2. The lowest BCUT2D eigenvalue weighted by molar-refractivity contribution is 0.598. The van der Waals surface area contributed by atoms with Crippen LogP contribution in [0, 0.1) is 0 Å². The van der Waals surface area contributed by atoms with Gasteiger partial charge in [-0.05, 0) is 50.4 Å². The molecule has 0 atom stereocenters. The van der Waals surface area contributed by atoms with Crippen LogP contribution in [-0.2, 0) is 10.0 Å². The minimum Gasteiger partial charge on any atom is -0.399 e. The first-order valence-electron chi connectivity index (χ1n) is 5.10. The van der Waals surface area contributed by atoms with Crippen molar-refractivity contribution >= 4 is 53.3 Å². The zero-order valence-corrected chi connectivity index (χ0v) is 13.3. The normalized spacial score (nSPS) is 11.5. The van der Waals surface area contributed by atoms with Gasteiger partial charge in [0, 0.05) is 14.6 Å². The fourth-order valence-corrected chi connectivity index (χ4v) is 4.22. The summed E-state index contributed by atoms with van der Waals surface area (Å²) in [5, 5.41) is 0. The van der Waals surface area contributed by atoms with Crippen LogP contribution in [0.2, 0.25) is 0 Å². The largest absolute Gasteiger partial charge is 0.399 e. The van der Waals surface area contributed by atoms with Crippen LogP contribution in [0.3, 0.4) is 0 Å². The molecule has 1 rings (SSSR count). The molecule has 0 saturated carbocycles. The van der Waals surface area contributed by atoms with Gasteiger partial charge >= 0.3 is 0 Å². The van der Waals surface area contributed by atoms with Crippen molar-refractivity contribution in [2.75, 3.05) is 16.2 Å². The van der Waals surface area contributed by atoms with Gasteiger partial charge in [-0.15, -0.1) is 0 Å². The second-order valence-corrected chi connectivity index (χ2v) is 7.18. The van der Waals surface area contributed by atoms with E-state index in [-0.39, 0.29) is 5.75 Å². The Morgan fingerprint density at radius 3 is 2.29 bits per heavy atom. The van der Waals surface area contributed by atoms with Gasteiger partial charge in [0.05, 0.1) is 11.4 Å². The van der Waals surface area contributed by atoms with Crippen LogP contribution in [0.15, 0.2) is 21.1 Å². The van der Waals surface area contributed by atoms with Crippen molar-refractivity contribution in [2.24, 2.45) is 0 Å². The van der Waals surface area contributed by atoms with Crippen LogP contribution in [-0.4, -0.2) is 14.2 Å². The smallest absolute Gasteiger partial charge is 0.232 e. The van der Waals surface area contributed by atoms with Crippen molar-refractivity contribution in [3.8, 4) is 0 Å². The van der Waals surface area contributed by atoms with Crippen LogP contribution in [0.5, 0.6) is 0 Å². The molecule has 0 unspecified atom stereocenters. The summed E-state index contributed by atoms with van der Waals surface area (Å²) in [6, 6.07) is 3.31. The molecule has 0 aliphatic rings. The quantitative estimate of drug-likeness (QED) is 0.763. The van der Waals surface area contributed by atoms with Crippen molar-refractivity contribution in [1.29, 1.82) is 0 Å². The molecular formula is C10H14Br2N2O2S.